The van der Waals surface area contributed by atoms with Gasteiger partial charge < -0.3 is 4.74 Å². The summed E-state index contributed by atoms with van der Waals surface area (Å²) < 4.78 is 6.09. The van der Waals surface area contributed by atoms with Crippen molar-refractivity contribution in [2.24, 2.45) is 29.1 Å². The Kier molecular flexibility index (Phi) is 3.42. The second-order valence-corrected chi connectivity index (χ2v) is 8.07. The standard InChI is InChI=1S/C18H30O2/c1-5-18(8-6-7-9-18)20-16(19)15-10-14-11-17(15,4)13(3)12(14)2/h12-15H,5-11H2,1-4H3. The molecule has 0 heterocycles. The molecule has 0 aromatic rings. The molecule has 2 bridgehead atoms. The Morgan fingerprint density at radius 2 is 1.90 bits per heavy atom. The van der Waals surface area contributed by atoms with Crippen molar-refractivity contribution in [1.29, 1.82) is 0 Å². The zero-order chi connectivity index (χ0) is 14.5. The molecule has 0 radical (unpaired) electrons. The fraction of sp³-hybridized carbons (Fsp3) is 0.944. The van der Waals surface area contributed by atoms with Gasteiger partial charge in [-0.05, 0) is 68.1 Å². The van der Waals surface area contributed by atoms with Gasteiger partial charge >= 0.3 is 5.97 Å². The Bertz CT molecular complexity index is 396. The summed E-state index contributed by atoms with van der Waals surface area (Å²) in [5.74, 6) is 2.45. The predicted molar refractivity (Wildman–Crippen MR) is 80.2 cm³/mol. The number of carbonyl (C=O) groups excluding carboxylic acids is 1. The smallest absolute Gasteiger partial charge is 0.310 e. The van der Waals surface area contributed by atoms with Crippen LogP contribution in [0.4, 0.5) is 0 Å². The van der Waals surface area contributed by atoms with Crippen LogP contribution in [0, 0.1) is 29.1 Å². The molecule has 3 aliphatic carbocycles. The topological polar surface area (TPSA) is 26.3 Å². The monoisotopic (exact) mass is 278 g/mol. The molecule has 2 nitrogen and oxygen atoms in total. The van der Waals surface area contributed by atoms with E-state index in [1.165, 1.54) is 19.3 Å². The summed E-state index contributed by atoms with van der Waals surface area (Å²) in [6.45, 7) is 9.22. The van der Waals surface area contributed by atoms with Crippen LogP contribution in [0.3, 0.4) is 0 Å². The summed E-state index contributed by atoms with van der Waals surface area (Å²) in [6, 6.07) is 0. The van der Waals surface area contributed by atoms with Crippen molar-refractivity contribution < 1.29 is 9.53 Å². The molecule has 0 amide bonds. The molecular weight excluding hydrogens is 248 g/mol. The third-order valence-electron chi connectivity index (χ3n) is 7.37. The van der Waals surface area contributed by atoms with Gasteiger partial charge in [-0.25, -0.2) is 0 Å². The van der Waals surface area contributed by atoms with Crippen molar-refractivity contribution >= 4 is 5.97 Å². The van der Waals surface area contributed by atoms with Crippen LogP contribution in [0.25, 0.3) is 0 Å². The fourth-order valence-corrected chi connectivity index (χ4v) is 5.47. The molecule has 114 valence electrons. The Morgan fingerprint density at radius 3 is 2.40 bits per heavy atom. The first-order valence-corrected chi connectivity index (χ1v) is 8.65. The first-order chi connectivity index (χ1) is 9.42. The maximum atomic E-state index is 12.8. The lowest BCUT2D eigenvalue weighted by Crippen LogP contribution is -2.42. The molecule has 3 rings (SSSR count). The van der Waals surface area contributed by atoms with Crippen LogP contribution in [-0.4, -0.2) is 11.6 Å². The summed E-state index contributed by atoms with van der Waals surface area (Å²) in [6.07, 6.45) is 7.88. The molecular formula is C18H30O2. The Labute approximate surface area is 123 Å². The molecule has 0 saturated heterocycles. The minimum Gasteiger partial charge on any atom is -0.459 e. The van der Waals surface area contributed by atoms with Gasteiger partial charge in [0, 0.05) is 0 Å². The minimum absolute atomic E-state index is 0.121. The van der Waals surface area contributed by atoms with Crippen LogP contribution < -0.4 is 0 Å². The molecule has 3 fully saturated rings. The van der Waals surface area contributed by atoms with Crippen LogP contribution in [-0.2, 0) is 9.53 Å². The highest BCUT2D eigenvalue weighted by atomic mass is 16.6. The van der Waals surface area contributed by atoms with Gasteiger partial charge in [-0.2, -0.15) is 0 Å². The van der Waals surface area contributed by atoms with Crippen molar-refractivity contribution in [2.75, 3.05) is 0 Å². The summed E-state index contributed by atoms with van der Waals surface area (Å²) in [4.78, 5) is 12.8. The molecule has 0 aromatic heterocycles. The van der Waals surface area contributed by atoms with Crippen molar-refractivity contribution in [3.8, 4) is 0 Å². The van der Waals surface area contributed by atoms with E-state index in [4.69, 9.17) is 4.74 Å². The average Bonchev–Trinajstić information content (AvgIpc) is 3.07. The van der Waals surface area contributed by atoms with Crippen LogP contribution in [0.5, 0.6) is 0 Å². The van der Waals surface area contributed by atoms with Gasteiger partial charge in [0.15, 0.2) is 0 Å². The number of esters is 1. The number of hydrogen-bond donors (Lipinski definition) is 0. The number of hydrogen-bond acceptors (Lipinski definition) is 2. The van der Waals surface area contributed by atoms with E-state index in [0.717, 1.165) is 37.5 Å². The van der Waals surface area contributed by atoms with E-state index in [1.807, 2.05) is 0 Å². The van der Waals surface area contributed by atoms with E-state index in [9.17, 15) is 4.79 Å². The zero-order valence-electron chi connectivity index (χ0n) is 13.6. The quantitative estimate of drug-likeness (QED) is 0.707. The second-order valence-electron chi connectivity index (χ2n) is 8.07. The molecule has 0 aliphatic heterocycles. The lowest BCUT2D eigenvalue weighted by Gasteiger charge is -2.40. The van der Waals surface area contributed by atoms with Gasteiger partial charge in [0.2, 0.25) is 0 Å². The van der Waals surface area contributed by atoms with Gasteiger partial charge in [0.05, 0.1) is 5.92 Å². The molecule has 5 unspecified atom stereocenters. The largest absolute Gasteiger partial charge is 0.459 e. The van der Waals surface area contributed by atoms with Gasteiger partial charge in [0.25, 0.3) is 0 Å². The number of fused-ring (bicyclic) bond motifs is 2. The van der Waals surface area contributed by atoms with Crippen LogP contribution in [0.2, 0.25) is 0 Å². The highest BCUT2D eigenvalue weighted by molar-refractivity contribution is 5.75. The maximum Gasteiger partial charge on any atom is 0.310 e. The Morgan fingerprint density at radius 1 is 1.25 bits per heavy atom. The van der Waals surface area contributed by atoms with Crippen molar-refractivity contribution in [2.45, 2.75) is 78.2 Å². The molecule has 3 saturated carbocycles. The third kappa shape index (κ3) is 1.94. The summed E-state index contributed by atoms with van der Waals surface area (Å²) in [7, 11) is 0. The van der Waals surface area contributed by atoms with E-state index < -0.39 is 0 Å². The van der Waals surface area contributed by atoms with Gasteiger partial charge in [-0.15, -0.1) is 0 Å². The molecule has 5 atom stereocenters. The maximum absolute atomic E-state index is 12.8. The highest BCUT2D eigenvalue weighted by Gasteiger charge is 2.60. The van der Waals surface area contributed by atoms with Crippen molar-refractivity contribution in [1.82, 2.24) is 0 Å². The third-order valence-corrected chi connectivity index (χ3v) is 7.37. The van der Waals surface area contributed by atoms with Gasteiger partial charge in [-0.3, -0.25) is 4.79 Å². The minimum atomic E-state index is -0.121. The predicted octanol–water partition coefficient (Wildman–Crippen LogP) is 4.57. The van der Waals surface area contributed by atoms with E-state index >= 15 is 0 Å². The van der Waals surface area contributed by atoms with Crippen LogP contribution in [0.15, 0.2) is 0 Å². The normalized spacial score (nSPS) is 45.8. The number of rotatable bonds is 3. The number of carbonyl (C=O) groups is 1. The first kappa shape index (κ1) is 14.4. The fourth-order valence-electron chi connectivity index (χ4n) is 5.47. The number of ether oxygens (including phenoxy) is 1. The Hall–Kier alpha value is -0.530. The molecule has 0 aromatic carbocycles. The second kappa shape index (κ2) is 4.74. The van der Waals surface area contributed by atoms with E-state index in [2.05, 4.69) is 27.7 Å². The lowest BCUT2D eigenvalue weighted by atomic mass is 9.66. The van der Waals surface area contributed by atoms with Crippen molar-refractivity contribution in [3.05, 3.63) is 0 Å². The van der Waals surface area contributed by atoms with Crippen LogP contribution >= 0.6 is 0 Å². The van der Waals surface area contributed by atoms with E-state index in [0.29, 0.717) is 5.92 Å². The summed E-state index contributed by atoms with van der Waals surface area (Å²) in [5, 5.41) is 0. The molecule has 2 heteroatoms. The first-order valence-electron chi connectivity index (χ1n) is 8.65. The lowest BCUT2D eigenvalue weighted by molar-refractivity contribution is -0.171. The summed E-state index contributed by atoms with van der Waals surface area (Å²) >= 11 is 0. The molecule has 3 aliphatic rings. The SMILES string of the molecule is CCC1(OC(=O)C2CC3CC2(C)C(C)C3C)CCCC1. The zero-order valence-corrected chi connectivity index (χ0v) is 13.6. The molecule has 20 heavy (non-hydrogen) atoms. The summed E-state index contributed by atoms with van der Waals surface area (Å²) in [5.41, 5.74) is 0.0683. The Balaban J connectivity index is 1.73. The van der Waals surface area contributed by atoms with E-state index in [-0.39, 0.29) is 22.9 Å². The van der Waals surface area contributed by atoms with Crippen molar-refractivity contribution in [3.63, 3.8) is 0 Å². The average molecular weight is 278 g/mol. The highest BCUT2D eigenvalue weighted by Crippen LogP contribution is 2.63. The molecule has 0 spiro atoms. The molecule has 0 N–H and O–H groups in total. The van der Waals surface area contributed by atoms with Gasteiger partial charge in [-0.1, -0.05) is 27.7 Å². The van der Waals surface area contributed by atoms with E-state index in [1.54, 1.807) is 0 Å². The van der Waals surface area contributed by atoms with Gasteiger partial charge in [0.1, 0.15) is 5.60 Å². The van der Waals surface area contributed by atoms with Crippen LogP contribution in [0.1, 0.15) is 72.6 Å².